The van der Waals surface area contributed by atoms with E-state index in [1.54, 1.807) is 7.05 Å². The van der Waals surface area contributed by atoms with Gasteiger partial charge in [0.1, 0.15) is 17.4 Å². The van der Waals surface area contributed by atoms with Crippen LogP contribution in [-0.4, -0.2) is 29.5 Å². The fraction of sp³-hybridized carbons (Fsp3) is 0.462. The lowest BCUT2D eigenvalue weighted by molar-refractivity contribution is -0.387. The number of nitrogens with one attached hydrogen (secondary N) is 1. The minimum Gasteiger partial charge on any atom is -0.490 e. The molecule has 0 saturated heterocycles. The van der Waals surface area contributed by atoms with Crippen LogP contribution >= 0.6 is 0 Å². The van der Waals surface area contributed by atoms with Gasteiger partial charge in [-0.25, -0.2) is 0 Å². The number of nitrogens with two attached hydrogens (primary N) is 1. The van der Waals surface area contributed by atoms with Crippen LogP contribution in [0.5, 0.6) is 5.75 Å². The molecule has 1 saturated carbocycles. The zero-order valence-electron chi connectivity index (χ0n) is 11.5. The van der Waals surface area contributed by atoms with E-state index < -0.39 is 27.9 Å². The van der Waals surface area contributed by atoms with Crippen LogP contribution < -0.4 is 15.8 Å². The molecule has 0 bridgehead atoms. The molecule has 0 aliphatic heterocycles. The van der Waals surface area contributed by atoms with Gasteiger partial charge in [-0.3, -0.25) is 14.9 Å². The molecular weight excluding hydrogens is 281 g/mol. The van der Waals surface area contributed by atoms with E-state index in [-0.39, 0.29) is 11.9 Å². The topological polar surface area (TPSA) is 107 Å². The van der Waals surface area contributed by atoms with Gasteiger partial charge in [0.15, 0.2) is 0 Å². The van der Waals surface area contributed by atoms with Crippen molar-refractivity contribution in [1.29, 1.82) is 0 Å². The van der Waals surface area contributed by atoms with E-state index in [4.69, 9.17) is 10.5 Å². The van der Waals surface area contributed by atoms with Gasteiger partial charge in [0, 0.05) is 18.6 Å². The summed E-state index contributed by atoms with van der Waals surface area (Å²) >= 11 is 0. The van der Waals surface area contributed by atoms with Crippen LogP contribution in [0.3, 0.4) is 0 Å². The Kier molecular flexibility index (Phi) is 4.08. The molecule has 1 aliphatic carbocycles. The maximum atomic E-state index is 13.5. The van der Waals surface area contributed by atoms with Crippen LogP contribution in [0.25, 0.3) is 0 Å². The molecule has 21 heavy (non-hydrogen) atoms. The number of halogens is 1. The lowest BCUT2D eigenvalue weighted by Crippen LogP contribution is -2.52. The Morgan fingerprint density at radius 2 is 2.33 bits per heavy atom. The molecule has 0 spiro atoms. The maximum Gasteiger partial charge on any atom is 0.305 e. The average molecular weight is 297 g/mol. The van der Waals surface area contributed by atoms with E-state index in [0.29, 0.717) is 19.3 Å². The highest BCUT2D eigenvalue weighted by atomic mass is 19.1. The molecule has 114 valence electrons. The highest BCUT2D eigenvalue weighted by Crippen LogP contribution is 2.33. The fourth-order valence-corrected chi connectivity index (χ4v) is 2.58. The van der Waals surface area contributed by atoms with Gasteiger partial charge >= 0.3 is 5.69 Å². The highest BCUT2D eigenvalue weighted by Gasteiger charge is 2.43. The molecule has 1 amide bonds. The monoisotopic (exact) mass is 297 g/mol. The van der Waals surface area contributed by atoms with Crippen molar-refractivity contribution >= 4 is 11.6 Å². The third-order valence-electron chi connectivity index (χ3n) is 3.84. The van der Waals surface area contributed by atoms with E-state index in [0.717, 1.165) is 12.1 Å². The van der Waals surface area contributed by atoms with Gasteiger partial charge in [0.25, 0.3) is 0 Å². The van der Waals surface area contributed by atoms with Crippen LogP contribution in [-0.2, 0) is 4.79 Å². The first-order valence-electron chi connectivity index (χ1n) is 6.47. The number of benzene rings is 1. The Morgan fingerprint density at radius 3 is 2.81 bits per heavy atom. The SMILES string of the molecule is CNC1(C(N)=O)CCC(Oc2ccc([N+](=O)[O-])c(F)c2)C1. The number of primary amides is 1. The average Bonchev–Trinajstić information content (AvgIpc) is 2.83. The minimum atomic E-state index is -0.953. The highest BCUT2D eigenvalue weighted by molar-refractivity contribution is 5.85. The van der Waals surface area contributed by atoms with E-state index in [9.17, 15) is 19.3 Å². The number of nitrogens with zero attached hydrogens (tertiary/aromatic N) is 1. The summed E-state index contributed by atoms with van der Waals surface area (Å²) in [6.45, 7) is 0. The second-order valence-corrected chi connectivity index (χ2v) is 5.05. The molecule has 2 rings (SSSR count). The summed E-state index contributed by atoms with van der Waals surface area (Å²) in [5, 5.41) is 13.5. The van der Waals surface area contributed by atoms with Gasteiger partial charge in [-0.1, -0.05) is 0 Å². The maximum absolute atomic E-state index is 13.5. The number of rotatable bonds is 5. The first-order chi connectivity index (χ1) is 9.88. The number of hydrogen-bond acceptors (Lipinski definition) is 5. The number of carbonyl (C=O) groups excluding carboxylic acids is 1. The number of nitro groups is 1. The Bertz CT molecular complexity index is 581. The van der Waals surface area contributed by atoms with Gasteiger partial charge < -0.3 is 15.8 Å². The predicted octanol–water partition coefficient (Wildman–Crippen LogP) is 1.11. The number of carbonyl (C=O) groups is 1. The van der Waals surface area contributed by atoms with Crippen LogP contribution in [0.4, 0.5) is 10.1 Å². The Hall–Kier alpha value is -2.22. The zero-order chi connectivity index (χ0) is 15.6. The second kappa shape index (κ2) is 5.65. The first kappa shape index (κ1) is 15.2. The standard InChI is InChI=1S/C13H16FN3O4/c1-16-13(12(15)18)5-4-9(7-13)21-8-2-3-11(17(19)20)10(14)6-8/h2-3,6,9,16H,4-5,7H2,1H3,(H2,15,18). The third kappa shape index (κ3) is 2.94. The molecule has 2 unspecified atom stereocenters. The molecule has 8 heteroatoms. The van der Waals surface area contributed by atoms with Gasteiger partial charge in [-0.05, 0) is 26.0 Å². The number of likely N-dealkylation sites (N-methyl/N-ethyl adjacent to an activating group) is 1. The van der Waals surface area contributed by atoms with Crippen molar-refractivity contribution in [3.05, 3.63) is 34.1 Å². The molecule has 1 aliphatic rings. The van der Waals surface area contributed by atoms with Crippen molar-refractivity contribution in [2.24, 2.45) is 5.73 Å². The van der Waals surface area contributed by atoms with Crippen LogP contribution in [0, 0.1) is 15.9 Å². The van der Waals surface area contributed by atoms with Crippen molar-refractivity contribution < 1.29 is 18.8 Å². The predicted molar refractivity (Wildman–Crippen MR) is 72.3 cm³/mol. The largest absolute Gasteiger partial charge is 0.490 e. The van der Waals surface area contributed by atoms with Crippen LogP contribution in [0.1, 0.15) is 19.3 Å². The molecule has 0 aromatic heterocycles. The minimum absolute atomic E-state index is 0.194. The van der Waals surface area contributed by atoms with E-state index in [1.807, 2.05) is 0 Å². The third-order valence-corrected chi connectivity index (χ3v) is 3.84. The van der Waals surface area contributed by atoms with Crippen molar-refractivity contribution in [3.8, 4) is 5.75 Å². The smallest absolute Gasteiger partial charge is 0.305 e. The van der Waals surface area contributed by atoms with Gasteiger partial charge in [0.2, 0.25) is 11.7 Å². The molecule has 2 atom stereocenters. The molecule has 7 nitrogen and oxygen atoms in total. The summed E-state index contributed by atoms with van der Waals surface area (Å²) < 4.78 is 19.1. The second-order valence-electron chi connectivity index (χ2n) is 5.05. The summed E-state index contributed by atoms with van der Waals surface area (Å²) in [5.41, 5.74) is 3.97. The normalized spacial score (nSPS) is 24.8. The van der Waals surface area contributed by atoms with Crippen molar-refractivity contribution in [3.63, 3.8) is 0 Å². The van der Waals surface area contributed by atoms with Gasteiger partial charge in [0.05, 0.1) is 4.92 Å². The Balaban J connectivity index is 2.09. The van der Waals surface area contributed by atoms with Crippen molar-refractivity contribution in [2.75, 3.05) is 7.05 Å². The van der Waals surface area contributed by atoms with E-state index in [1.165, 1.54) is 6.07 Å². The Morgan fingerprint density at radius 1 is 1.62 bits per heavy atom. The molecule has 1 fully saturated rings. The molecule has 1 aromatic rings. The molecule has 1 aromatic carbocycles. The van der Waals surface area contributed by atoms with Gasteiger partial charge in [-0.2, -0.15) is 4.39 Å². The number of nitro benzene ring substituents is 1. The van der Waals surface area contributed by atoms with Crippen molar-refractivity contribution in [1.82, 2.24) is 5.32 Å². The molecule has 0 radical (unpaired) electrons. The number of ether oxygens (including phenoxy) is 1. The number of hydrogen-bond donors (Lipinski definition) is 2. The van der Waals surface area contributed by atoms with E-state index in [2.05, 4.69) is 5.32 Å². The van der Waals surface area contributed by atoms with Crippen molar-refractivity contribution in [2.45, 2.75) is 30.9 Å². The number of amides is 1. The summed E-state index contributed by atoms with van der Waals surface area (Å²) in [6, 6.07) is 3.37. The summed E-state index contributed by atoms with van der Waals surface area (Å²) in [6.07, 6.45) is 1.18. The quantitative estimate of drug-likeness (QED) is 0.625. The zero-order valence-corrected chi connectivity index (χ0v) is 11.5. The fourth-order valence-electron chi connectivity index (χ4n) is 2.58. The van der Waals surface area contributed by atoms with Crippen LogP contribution in [0.2, 0.25) is 0 Å². The summed E-state index contributed by atoms with van der Waals surface area (Å²) in [4.78, 5) is 21.2. The summed E-state index contributed by atoms with van der Waals surface area (Å²) in [7, 11) is 1.65. The van der Waals surface area contributed by atoms with Crippen LogP contribution in [0.15, 0.2) is 18.2 Å². The van der Waals surface area contributed by atoms with Gasteiger partial charge in [-0.15, -0.1) is 0 Å². The van der Waals surface area contributed by atoms with E-state index >= 15 is 0 Å². The molecule has 0 heterocycles. The molecular formula is C13H16FN3O4. The molecule has 3 N–H and O–H groups in total. The Labute approximate surface area is 120 Å². The summed E-state index contributed by atoms with van der Waals surface area (Å²) in [5.74, 6) is -1.21. The first-order valence-corrected chi connectivity index (χ1v) is 6.47. The lowest BCUT2D eigenvalue weighted by atomic mass is 9.97. The lowest BCUT2D eigenvalue weighted by Gasteiger charge is -2.24.